The van der Waals surface area contributed by atoms with Crippen LogP contribution in [0.25, 0.3) is 11.5 Å². The molecule has 2 aromatic rings. The zero-order chi connectivity index (χ0) is 11.7. The molecule has 82 valence electrons. The molecule has 0 saturated carbocycles. The van der Waals surface area contributed by atoms with Gasteiger partial charge in [-0.3, -0.25) is 10.1 Å². The Balaban J connectivity index is 2.57. The molecule has 0 radical (unpaired) electrons. The van der Waals surface area contributed by atoms with E-state index in [1.165, 1.54) is 12.1 Å². The maximum Gasteiger partial charge on any atom is 0.434 e. The number of hydrogen-bond donors (Lipinski definition) is 1. The molecule has 8 heteroatoms. The minimum Gasteiger partial charge on any atom is -0.388 e. The maximum absolute atomic E-state index is 10.7. The Morgan fingerprint density at radius 3 is 2.75 bits per heavy atom. The molecule has 0 spiro atoms. The Labute approximate surface area is 96.4 Å². The van der Waals surface area contributed by atoms with Crippen LogP contribution in [0, 0.1) is 10.1 Å². The molecule has 1 N–H and O–H groups in total. The van der Waals surface area contributed by atoms with Crippen molar-refractivity contribution in [3.8, 4) is 11.5 Å². The molecule has 1 aromatic heterocycles. The second-order valence-corrected chi connectivity index (χ2v) is 3.79. The van der Waals surface area contributed by atoms with Crippen LogP contribution in [0.5, 0.6) is 0 Å². The topological polar surface area (TPSA) is 102 Å². The molecule has 0 bridgehead atoms. The highest BCUT2D eigenvalue weighted by molar-refractivity contribution is 9.10. The molecule has 0 atom stereocenters. The van der Waals surface area contributed by atoms with Gasteiger partial charge < -0.3 is 4.42 Å². The molecule has 1 aromatic carbocycles. The van der Waals surface area contributed by atoms with Gasteiger partial charge in [0.05, 0.1) is 4.92 Å². The van der Waals surface area contributed by atoms with E-state index < -0.39 is 10.7 Å². The molecule has 2 rings (SSSR count). The third-order valence-electron chi connectivity index (χ3n) is 1.78. The summed E-state index contributed by atoms with van der Waals surface area (Å²) in [7, 11) is 0. The van der Waals surface area contributed by atoms with Gasteiger partial charge in [-0.05, 0) is 6.07 Å². The average Bonchev–Trinajstić information content (AvgIpc) is 2.64. The van der Waals surface area contributed by atoms with Crippen molar-refractivity contribution in [1.82, 2.24) is 10.2 Å². The number of aromatic amines is 1. The van der Waals surface area contributed by atoms with Crippen molar-refractivity contribution in [2.75, 3.05) is 0 Å². The molecule has 0 amide bonds. The van der Waals surface area contributed by atoms with E-state index in [1.54, 1.807) is 6.07 Å². The number of H-pyrrole nitrogens is 1. The van der Waals surface area contributed by atoms with Gasteiger partial charge in [0, 0.05) is 22.2 Å². The number of hydrogen-bond acceptors (Lipinski definition) is 5. The van der Waals surface area contributed by atoms with Gasteiger partial charge in [-0.1, -0.05) is 15.9 Å². The van der Waals surface area contributed by atoms with Crippen LogP contribution in [0.3, 0.4) is 0 Å². The maximum atomic E-state index is 10.7. The summed E-state index contributed by atoms with van der Waals surface area (Å²) < 4.78 is 5.20. The summed E-state index contributed by atoms with van der Waals surface area (Å²) in [6.45, 7) is 0. The lowest BCUT2D eigenvalue weighted by atomic mass is 10.2. The van der Waals surface area contributed by atoms with Crippen LogP contribution in [-0.4, -0.2) is 15.1 Å². The summed E-state index contributed by atoms with van der Waals surface area (Å²) >= 11 is 3.12. The first-order valence-electron chi connectivity index (χ1n) is 4.07. The van der Waals surface area contributed by atoms with E-state index in [0.717, 1.165) is 0 Å². The summed E-state index contributed by atoms with van der Waals surface area (Å²) in [6, 6.07) is 4.17. The van der Waals surface area contributed by atoms with Crippen molar-refractivity contribution in [2.45, 2.75) is 0 Å². The number of rotatable bonds is 2. The van der Waals surface area contributed by atoms with Gasteiger partial charge in [-0.2, -0.15) is 0 Å². The Hall–Kier alpha value is -1.96. The van der Waals surface area contributed by atoms with Crippen molar-refractivity contribution in [2.24, 2.45) is 0 Å². The smallest absolute Gasteiger partial charge is 0.388 e. The Kier molecular flexibility index (Phi) is 2.57. The van der Waals surface area contributed by atoms with Gasteiger partial charge >= 0.3 is 5.76 Å². The molecular formula is C8H4BrN3O4. The van der Waals surface area contributed by atoms with E-state index in [1.807, 2.05) is 0 Å². The predicted octanol–water partition coefficient (Wildman–Crippen LogP) is 1.70. The number of halogens is 1. The fourth-order valence-electron chi connectivity index (χ4n) is 1.16. The number of benzene rings is 1. The molecule has 0 aliphatic heterocycles. The lowest BCUT2D eigenvalue weighted by molar-refractivity contribution is -0.384. The van der Waals surface area contributed by atoms with Crippen LogP contribution in [0.1, 0.15) is 0 Å². The van der Waals surface area contributed by atoms with Crippen molar-refractivity contribution in [3.05, 3.63) is 43.3 Å². The average molecular weight is 286 g/mol. The van der Waals surface area contributed by atoms with Crippen LogP contribution in [0.2, 0.25) is 0 Å². The Morgan fingerprint density at radius 1 is 1.44 bits per heavy atom. The second kappa shape index (κ2) is 3.89. The molecule has 0 saturated heterocycles. The van der Waals surface area contributed by atoms with E-state index >= 15 is 0 Å². The normalized spacial score (nSPS) is 10.3. The number of nitro groups is 1. The minimum absolute atomic E-state index is 0.00870. The van der Waals surface area contributed by atoms with Crippen LogP contribution in [-0.2, 0) is 0 Å². The van der Waals surface area contributed by atoms with Crippen LogP contribution in [0.15, 0.2) is 31.9 Å². The first-order chi connectivity index (χ1) is 7.56. The first kappa shape index (κ1) is 10.6. The third kappa shape index (κ3) is 2.01. The Bertz CT molecular complexity index is 603. The lowest BCUT2D eigenvalue weighted by Gasteiger charge is -1.96. The SMILES string of the molecule is O=c1[nH]nc(-c2cc(Br)cc([N+](=O)[O-])c2)o1. The monoisotopic (exact) mass is 285 g/mol. The van der Waals surface area contributed by atoms with E-state index in [-0.39, 0.29) is 11.6 Å². The molecule has 7 nitrogen and oxygen atoms in total. The van der Waals surface area contributed by atoms with Gasteiger partial charge in [-0.25, -0.2) is 9.89 Å². The minimum atomic E-state index is -0.711. The standard InChI is InChI=1S/C8H4BrN3O4/c9-5-1-4(2-6(3-5)12(14)15)7-10-11-8(13)16-7/h1-3H,(H,11,13). The highest BCUT2D eigenvalue weighted by atomic mass is 79.9. The summed E-state index contributed by atoms with van der Waals surface area (Å²) in [6.07, 6.45) is 0. The molecule has 0 aliphatic carbocycles. The highest BCUT2D eigenvalue weighted by Gasteiger charge is 2.13. The molecule has 0 fully saturated rings. The van der Waals surface area contributed by atoms with E-state index in [2.05, 4.69) is 26.1 Å². The molecule has 1 heterocycles. The second-order valence-electron chi connectivity index (χ2n) is 2.87. The quantitative estimate of drug-likeness (QED) is 0.668. The summed E-state index contributed by atoms with van der Waals surface area (Å²) in [5.41, 5.74) is 0.231. The van der Waals surface area contributed by atoms with Crippen LogP contribution >= 0.6 is 15.9 Å². The van der Waals surface area contributed by atoms with E-state index in [0.29, 0.717) is 10.0 Å². The van der Waals surface area contributed by atoms with Crippen LogP contribution < -0.4 is 5.76 Å². The molecular weight excluding hydrogens is 282 g/mol. The number of aromatic nitrogens is 2. The van der Waals surface area contributed by atoms with Crippen LogP contribution in [0.4, 0.5) is 5.69 Å². The lowest BCUT2D eigenvalue weighted by Crippen LogP contribution is -1.93. The van der Waals surface area contributed by atoms with Gasteiger partial charge in [0.15, 0.2) is 0 Å². The zero-order valence-corrected chi connectivity index (χ0v) is 9.22. The molecule has 0 unspecified atom stereocenters. The molecule has 16 heavy (non-hydrogen) atoms. The van der Waals surface area contributed by atoms with Crippen molar-refractivity contribution >= 4 is 21.6 Å². The third-order valence-corrected chi connectivity index (χ3v) is 2.24. The van der Waals surface area contributed by atoms with Crippen molar-refractivity contribution < 1.29 is 9.34 Å². The molecule has 0 aliphatic rings. The summed E-state index contributed by atoms with van der Waals surface area (Å²) in [5, 5.41) is 16.3. The largest absolute Gasteiger partial charge is 0.434 e. The van der Waals surface area contributed by atoms with Gasteiger partial charge in [0.1, 0.15) is 0 Å². The van der Waals surface area contributed by atoms with E-state index in [9.17, 15) is 14.9 Å². The fourth-order valence-corrected chi connectivity index (χ4v) is 1.64. The first-order valence-corrected chi connectivity index (χ1v) is 4.86. The Morgan fingerprint density at radius 2 is 2.19 bits per heavy atom. The number of nitrogens with zero attached hydrogens (tertiary/aromatic N) is 2. The van der Waals surface area contributed by atoms with Gasteiger partial charge in [0.25, 0.3) is 5.69 Å². The fraction of sp³-hybridized carbons (Fsp3) is 0. The number of nitrogens with one attached hydrogen (secondary N) is 1. The number of nitro benzene ring substituents is 1. The summed E-state index contributed by atoms with van der Waals surface area (Å²) in [4.78, 5) is 20.8. The predicted molar refractivity (Wildman–Crippen MR) is 56.9 cm³/mol. The highest BCUT2D eigenvalue weighted by Crippen LogP contribution is 2.26. The van der Waals surface area contributed by atoms with Gasteiger partial charge in [0.2, 0.25) is 5.89 Å². The van der Waals surface area contributed by atoms with Crippen molar-refractivity contribution in [3.63, 3.8) is 0 Å². The van der Waals surface area contributed by atoms with Crippen molar-refractivity contribution in [1.29, 1.82) is 0 Å². The summed E-state index contributed by atoms with van der Waals surface area (Å²) in [5.74, 6) is -0.702. The van der Waals surface area contributed by atoms with Gasteiger partial charge in [-0.15, -0.1) is 5.10 Å². The number of non-ortho nitro benzene ring substituents is 1. The zero-order valence-electron chi connectivity index (χ0n) is 7.64. The van der Waals surface area contributed by atoms with E-state index in [4.69, 9.17) is 4.42 Å².